The summed E-state index contributed by atoms with van der Waals surface area (Å²) in [5.74, 6) is -1.13. The van der Waals surface area contributed by atoms with Gasteiger partial charge in [-0.2, -0.15) is 0 Å². The molecule has 2 aromatic rings. The van der Waals surface area contributed by atoms with Crippen LogP contribution in [0.4, 0.5) is 10.1 Å². The molecule has 0 aliphatic rings. The van der Waals surface area contributed by atoms with Gasteiger partial charge in [-0.25, -0.2) is 4.39 Å². The second-order valence-electron chi connectivity index (χ2n) is 4.32. The summed E-state index contributed by atoms with van der Waals surface area (Å²) in [4.78, 5) is 22.7. The molecule has 0 saturated carbocycles. The number of nitrogens with one attached hydrogen (secondary N) is 2. The molecule has 0 bridgehead atoms. The number of methoxy groups -OCH3 is 1. The van der Waals surface area contributed by atoms with Gasteiger partial charge in [0.2, 0.25) is 0 Å². The first-order valence-electron chi connectivity index (χ1n) is 6.23. The third-order valence-electron chi connectivity index (χ3n) is 2.88. The highest BCUT2D eigenvalue weighted by molar-refractivity contribution is 5.95. The Morgan fingerprint density at radius 2 is 1.95 bits per heavy atom. The molecular weight excluding hydrogens is 291 g/mol. The largest absolute Gasteiger partial charge is 0.504 e. The van der Waals surface area contributed by atoms with E-state index in [9.17, 15) is 19.1 Å². The molecule has 2 aromatic carbocycles. The molecule has 0 spiro atoms. The number of carbonyl (C=O) groups is 2. The summed E-state index contributed by atoms with van der Waals surface area (Å²) in [5.41, 5.74) is 5.59. The Hall–Kier alpha value is -3.09. The van der Waals surface area contributed by atoms with E-state index in [0.29, 0.717) is 12.0 Å². The molecule has 0 fully saturated rings. The number of hydrogen-bond acceptors (Lipinski definition) is 5. The van der Waals surface area contributed by atoms with E-state index in [-0.39, 0.29) is 22.6 Å². The number of anilines is 1. The van der Waals surface area contributed by atoms with Crippen LogP contribution in [-0.4, -0.2) is 24.4 Å². The van der Waals surface area contributed by atoms with Crippen LogP contribution in [0.15, 0.2) is 36.4 Å². The summed E-state index contributed by atoms with van der Waals surface area (Å²) in [6.07, 6.45) is 0.463. The van der Waals surface area contributed by atoms with Crippen molar-refractivity contribution in [3.8, 4) is 11.5 Å². The Kier molecular flexibility index (Phi) is 4.57. The van der Waals surface area contributed by atoms with E-state index in [1.807, 2.05) is 0 Å². The second kappa shape index (κ2) is 6.57. The maximum absolute atomic E-state index is 12.8. The van der Waals surface area contributed by atoms with Gasteiger partial charge in [0.15, 0.2) is 17.8 Å². The van der Waals surface area contributed by atoms with Crippen molar-refractivity contribution >= 4 is 17.9 Å². The van der Waals surface area contributed by atoms with Gasteiger partial charge in [-0.05, 0) is 30.3 Å². The number of phenols is 1. The zero-order valence-electron chi connectivity index (χ0n) is 11.6. The predicted molar refractivity (Wildman–Crippen MR) is 77.5 cm³/mol. The predicted octanol–water partition coefficient (Wildman–Crippen LogP) is 2.11. The van der Waals surface area contributed by atoms with E-state index in [0.717, 1.165) is 0 Å². The summed E-state index contributed by atoms with van der Waals surface area (Å²) in [5, 5.41) is 9.69. The zero-order valence-corrected chi connectivity index (χ0v) is 11.6. The topological polar surface area (TPSA) is 87.7 Å². The highest BCUT2D eigenvalue weighted by atomic mass is 19.1. The first kappa shape index (κ1) is 15.3. The van der Waals surface area contributed by atoms with Crippen LogP contribution in [-0.2, 0) is 0 Å². The van der Waals surface area contributed by atoms with Crippen molar-refractivity contribution < 1.29 is 23.8 Å². The Morgan fingerprint density at radius 1 is 1.27 bits per heavy atom. The lowest BCUT2D eigenvalue weighted by Crippen LogP contribution is -2.29. The lowest BCUT2D eigenvalue weighted by Gasteiger charge is -2.12. The van der Waals surface area contributed by atoms with E-state index in [4.69, 9.17) is 4.74 Å². The number of hydrogen-bond donors (Lipinski definition) is 3. The zero-order chi connectivity index (χ0) is 16.1. The Morgan fingerprint density at radius 3 is 2.55 bits per heavy atom. The minimum absolute atomic E-state index is 0.0119. The fraction of sp³-hybridized carbons (Fsp3) is 0.0667. The summed E-state index contributed by atoms with van der Waals surface area (Å²) >= 11 is 0. The van der Waals surface area contributed by atoms with Crippen LogP contribution in [0, 0.1) is 5.82 Å². The molecule has 0 aromatic heterocycles. The highest BCUT2D eigenvalue weighted by Gasteiger charge is 2.11. The first-order valence-corrected chi connectivity index (χ1v) is 6.23. The van der Waals surface area contributed by atoms with Crippen LogP contribution in [0.1, 0.15) is 20.7 Å². The SMILES string of the molecule is COc1cc(NNC(=O)c2ccc(F)cc2)cc(C=O)c1O. The number of benzene rings is 2. The summed E-state index contributed by atoms with van der Waals surface area (Å²) in [6, 6.07) is 7.76. The van der Waals surface area contributed by atoms with Gasteiger partial charge < -0.3 is 9.84 Å². The number of phenolic OH excluding ortho intramolecular Hbond substituents is 1. The van der Waals surface area contributed by atoms with Gasteiger partial charge in [-0.1, -0.05) is 0 Å². The van der Waals surface area contributed by atoms with Crippen molar-refractivity contribution in [3.63, 3.8) is 0 Å². The molecule has 7 heteroatoms. The lowest BCUT2D eigenvalue weighted by atomic mass is 10.2. The van der Waals surface area contributed by atoms with Gasteiger partial charge in [0.25, 0.3) is 5.91 Å². The number of halogens is 1. The summed E-state index contributed by atoms with van der Waals surface area (Å²) < 4.78 is 17.7. The fourth-order valence-electron chi connectivity index (χ4n) is 1.75. The van der Waals surface area contributed by atoms with Crippen LogP contribution in [0.3, 0.4) is 0 Å². The van der Waals surface area contributed by atoms with Gasteiger partial charge in [0.1, 0.15) is 5.82 Å². The molecule has 0 unspecified atom stereocenters. The molecule has 3 N–H and O–H groups in total. The summed E-state index contributed by atoms with van der Waals surface area (Å²) in [7, 11) is 1.34. The van der Waals surface area contributed by atoms with Gasteiger partial charge in [-0.15, -0.1) is 0 Å². The molecule has 0 heterocycles. The third kappa shape index (κ3) is 3.32. The number of amides is 1. The van der Waals surface area contributed by atoms with Gasteiger partial charge in [-0.3, -0.25) is 20.4 Å². The molecule has 22 heavy (non-hydrogen) atoms. The van der Waals surface area contributed by atoms with E-state index in [1.54, 1.807) is 0 Å². The Labute approximate surface area is 125 Å². The minimum atomic E-state index is -0.486. The summed E-state index contributed by atoms with van der Waals surface area (Å²) in [6.45, 7) is 0. The minimum Gasteiger partial charge on any atom is -0.504 e. The first-order chi connectivity index (χ1) is 10.5. The van der Waals surface area contributed by atoms with Crippen LogP contribution >= 0.6 is 0 Å². The van der Waals surface area contributed by atoms with Crippen LogP contribution in [0.5, 0.6) is 11.5 Å². The van der Waals surface area contributed by atoms with Crippen molar-refractivity contribution in [2.24, 2.45) is 0 Å². The van der Waals surface area contributed by atoms with Crippen LogP contribution < -0.4 is 15.6 Å². The van der Waals surface area contributed by atoms with Crippen molar-refractivity contribution in [3.05, 3.63) is 53.3 Å². The average molecular weight is 304 g/mol. The molecule has 0 atom stereocenters. The molecule has 6 nitrogen and oxygen atoms in total. The van der Waals surface area contributed by atoms with Crippen molar-refractivity contribution in [2.75, 3.05) is 12.5 Å². The quantitative estimate of drug-likeness (QED) is 0.447. The van der Waals surface area contributed by atoms with Gasteiger partial charge >= 0.3 is 0 Å². The monoisotopic (exact) mass is 304 g/mol. The smallest absolute Gasteiger partial charge is 0.269 e. The molecular formula is C15H13FN2O4. The van der Waals surface area contributed by atoms with E-state index in [2.05, 4.69) is 10.9 Å². The molecule has 0 saturated heterocycles. The van der Waals surface area contributed by atoms with Crippen molar-refractivity contribution in [1.29, 1.82) is 0 Å². The standard InChI is InChI=1S/C15H13FN2O4/c1-22-13-7-12(6-10(8-19)14(13)20)17-18-15(21)9-2-4-11(16)5-3-9/h2-8,17,20H,1H3,(H,18,21). The number of aromatic hydroxyl groups is 1. The molecule has 0 aliphatic heterocycles. The molecule has 1 amide bonds. The van der Waals surface area contributed by atoms with E-state index >= 15 is 0 Å². The Balaban J connectivity index is 2.12. The molecule has 2 rings (SSSR count). The van der Waals surface area contributed by atoms with Crippen molar-refractivity contribution in [2.45, 2.75) is 0 Å². The molecule has 0 aliphatic carbocycles. The number of aldehydes is 1. The Bertz CT molecular complexity index is 701. The maximum atomic E-state index is 12.8. The number of hydrazine groups is 1. The van der Waals surface area contributed by atoms with E-state index < -0.39 is 11.7 Å². The van der Waals surface area contributed by atoms with Crippen molar-refractivity contribution in [1.82, 2.24) is 5.43 Å². The van der Waals surface area contributed by atoms with Gasteiger partial charge in [0, 0.05) is 11.6 Å². The van der Waals surface area contributed by atoms with Crippen LogP contribution in [0.25, 0.3) is 0 Å². The number of carbonyl (C=O) groups excluding carboxylic acids is 2. The number of ether oxygens (including phenoxy) is 1. The lowest BCUT2D eigenvalue weighted by molar-refractivity contribution is 0.0962. The maximum Gasteiger partial charge on any atom is 0.269 e. The molecule has 114 valence electrons. The fourth-order valence-corrected chi connectivity index (χ4v) is 1.75. The van der Waals surface area contributed by atoms with Gasteiger partial charge in [0.05, 0.1) is 18.4 Å². The van der Waals surface area contributed by atoms with E-state index in [1.165, 1.54) is 43.5 Å². The van der Waals surface area contributed by atoms with Crippen LogP contribution in [0.2, 0.25) is 0 Å². The normalized spacial score (nSPS) is 9.91. The number of rotatable bonds is 5. The molecule has 0 radical (unpaired) electrons. The second-order valence-corrected chi connectivity index (χ2v) is 4.32. The third-order valence-corrected chi connectivity index (χ3v) is 2.88. The average Bonchev–Trinajstić information content (AvgIpc) is 2.54. The highest BCUT2D eigenvalue weighted by Crippen LogP contribution is 2.32.